The van der Waals surface area contributed by atoms with E-state index in [0.717, 1.165) is 12.3 Å². The van der Waals surface area contributed by atoms with Crippen LogP contribution < -0.4 is 10.1 Å². The van der Waals surface area contributed by atoms with Crippen LogP contribution in [0.1, 0.15) is 5.56 Å². The first-order valence-electron chi connectivity index (χ1n) is 3.66. The molecular weight excluding hydrogens is 138 g/mol. The molecule has 2 rings (SSSR count). The predicted octanol–water partition coefficient (Wildman–Crippen LogP) is 1.67. The highest BCUT2D eigenvalue weighted by Crippen LogP contribution is 2.31. The second-order valence-corrected chi connectivity index (χ2v) is 2.51. The van der Waals surface area contributed by atoms with E-state index < -0.39 is 0 Å². The molecule has 0 amide bonds. The molecule has 0 spiro atoms. The van der Waals surface area contributed by atoms with Crippen LogP contribution in [0.25, 0.3) is 0 Å². The summed E-state index contributed by atoms with van der Waals surface area (Å²) in [5, 5.41) is 3.24. The van der Waals surface area contributed by atoms with Gasteiger partial charge in [-0.1, -0.05) is 6.07 Å². The predicted molar refractivity (Wildman–Crippen MR) is 44.9 cm³/mol. The van der Waals surface area contributed by atoms with Crippen molar-refractivity contribution in [1.82, 2.24) is 0 Å². The van der Waals surface area contributed by atoms with Crippen LogP contribution in [0.3, 0.4) is 0 Å². The first-order chi connectivity index (χ1) is 5.42. The molecule has 0 bridgehead atoms. The Bertz CT molecular complexity index is 270. The van der Waals surface area contributed by atoms with Gasteiger partial charge in [-0.3, -0.25) is 0 Å². The molecule has 1 N–H and O–H groups in total. The highest BCUT2D eigenvalue weighted by molar-refractivity contribution is 5.65. The summed E-state index contributed by atoms with van der Waals surface area (Å²) in [4.78, 5) is 0. The molecule has 0 aromatic heterocycles. The maximum Gasteiger partial charge on any atom is 0.124 e. The summed E-state index contributed by atoms with van der Waals surface area (Å²) in [7, 11) is 1.70. The van der Waals surface area contributed by atoms with Gasteiger partial charge in [0.1, 0.15) is 5.75 Å². The minimum Gasteiger partial charge on any atom is -0.496 e. The molecule has 0 atom stereocenters. The number of rotatable bonds is 1. The number of nitrogens with one attached hydrogen (secondary N) is 1. The second kappa shape index (κ2) is 2.46. The maximum absolute atomic E-state index is 5.19. The van der Waals surface area contributed by atoms with E-state index in [9.17, 15) is 0 Å². The van der Waals surface area contributed by atoms with Crippen molar-refractivity contribution >= 4 is 5.69 Å². The Kier molecular flexibility index (Phi) is 1.46. The van der Waals surface area contributed by atoms with E-state index in [-0.39, 0.29) is 0 Å². The van der Waals surface area contributed by atoms with E-state index in [1.54, 1.807) is 7.11 Å². The summed E-state index contributed by atoms with van der Waals surface area (Å²) in [5.41, 5.74) is 2.36. The molecule has 2 nitrogen and oxygen atoms in total. The highest BCUT2D eigenvalue weighted by Gasteiger charge is 2.13. The average molecular weight is 148 g/mol. The molecule has 1 aliphatic heterocycles. The van der Waals surface area contributed by atoms with Gasteiger partial charge in [0.05, 0.1) is 7.11 Å². The zero-order chi connectivity index (χ0) is 7.68. The third-order valence-electron chi connectivity index (χ3n) is 1.88. The van der Waals surface area contributed by atoms with Gasteiger partial charge in [0.2, 0.25) is 0 Å². The Labute approximate surface area is 66.2 Å². The summed E-state index contributed by atoms with van der Waals surface area (Å²) in [5.74, 6) is 0.951. The third-order valence-corrected chi connectivity index (χ3v) is 1.88. The SMILES string of the molecule is COc1cccc2c1[CH]CN2. The molecule has 0 unspecified atom stereocenters. The number of fused-ring (bicyclic) bond motifs is 1. The average Bonchev–Trinajstić information content (AvgIpc) is 2.50. The summed E-state index contributed by atoms with van der Waals surface area (Å²) < 4.78 is 5.19. The number of hydrogen-bond acceptors (Lipinski definition) is 2. The van der Waals surface area contributed by atoms with Crippen molar-refractivity contribution in [3.63, 3.8) is 0 Å². The Hall–Kier alpha value is -1.18. The fraction of sp³-hybridized carbons (Fsp3) is 0.222. The second-order valence-electron chi connectivity index (χ2n) is 2.51. The van der Waals surface area contributed by atoms with E-state index in [1.165, 1.54) is 11.3 Å². The minimum atomic E-state index is 0.912. The number of anilines is 1. The lowest BCUT2D eigenvalue weighted by atomic mass is 10.1. The van der Waals surface area contributed by atoms with Crippen molar-refractivity contribution in [1.29, 1.82) is 0 Å². The van der Waals surface area contributed by atoms with Crippen molar-refractivity contribution in [3.05, 3.63) is 30.2 Å². The number of benzene rings is 1. The summed E-state index contributed by atoms with van der Waals surface area (Å²) in [6, 6.07) is 6.02. The van der Waals surface area contributed by atoms with Crippen LogP contribution in [0.15, 0.2) is 18.2 Å². The summed E-state index contributed by atoms with van der Waals surface area (Å²) >= 11 is 0. The van der Waals surface area contributed by atoms with Crippen LogP contribution in [0.4, 0.5) is 5.69 Å². The lowest BCUT2D eigenvalue weighted by Crippen LogP contribution is -1.89. The van der Waals surface area contributed by atoms with Gasteiger partial charge in [0.25, 0.3) is 0 Å². The van der Waals surface area contributed by atoms with Gasteiger partial charge in [0, 0.05) is 24.2 Å². The fourth-order valence-electron chi connectivity index (χ4n) is 1.35. The molecule has 1 heterocycles. The monoisotopic (exact) mass is 148 g/mol. The van der Waals surface area contributed by atoms with Crippen LogP contribution in [0.5, 0.6) is 5.75 Å². The molecule has 1 aromatic carbocycles. The molecule has 1 aromatic rings. The third kappa shape index (κ3) is 0.946. The molecule has 1 aliphatic rings. The zero-order valence-electron chi connectivity index (χ0n) is 6.42. The van der Waals surface area contributed by atoms with Crippen molar-refractivity contribution in [2.24, 2.45) is 0 Å². The zero-order valence-corrected chi connectivity index (χ0v) is 6.42. The van der Waals surface area contributed by atoms with Crippen molar-refractivity contribution < 1.29 is 4.74 Å². The van der Waals surface area contributed by atoms with Gasteiger partial charge in [0.15, 0.2) is 0 Å². The van der Waals surface area contributed by atoms with Crippen LogP contribution >= 0.6 is 0 Å². The molecule has 0 fully saturated rings. The van der Waals surface area contributed by atoms with Gasteiger partial charge in [-0.15, -0.1) is 0 Å². The lowest BCUT2D eigenvalue weighted by molar-refractivity contribution is 0.413. The Morgan fingerprint density at radius 2 is 2.36 bits per heavy atom. The van der Waals surface area contributed by atoms with Gasteiger partial charge in [-0.2, -0.15) is 0 Å². The van der Waals surface area contributed by atoms with Crippen LogP contribution in [-0.4, -0.2) is 13.7 Å². The Morgan fingerprint density at radius 1 is 1.45 bits per heavy atom. The van der Waals surface area contributed by atoms with E-state index in [1.807, 2.05) is 12.1 Å². The topological polar surface area (TPSA) is 21.3 Å². The summed E-state index contributed by atoms with van der Waals surface area (Å²) in [6.45, 7) is 0.912. The van der Waals surface area contributed by atoms with E-state index in [4.69, 9.17) is 4.74 Å². The van der Waals surface area contributed by atoms with E-state index >= 15 is 0 Å². The number of hydrogen-bond donors (Lipinski definition) is 1. The Morgan fingerprint density at radius 3 is 3.18 bits per heavy atom. The number of ether oxygens (including phenoxy) is 1. The van der Waals surface area contributed by atoms with Crippen LogP contribution in [0, 0.1) is 6.42 Å². The molecule has 0 saturated heterocycles. The normalized spacial score (nSPS) is 13.9. The molecule has 11 heavy (non-hydrogen) atoms. The smallest absolute Gasteiger partial charge is 0.124 e. The van der Waals surface area contributed by atoms with Crippen molar-refractivity contribution in [2.75, 3.05) is 19.0 Å². The standard InChI is InChI=1S/C9H10NO/c1-11-9-4-2-3-8-7(9)5-6-10-8/h2-5,10H,6H2,1H3. The largest absolute Gasteiger partial charge is 0.496 e. The minimum absolute atomic E-state index is 0.912. The highest BCUT2D eigenvalue weighted by atomic mass is 16.5. The molecule has 2 heteroatoms. The molecular formula is C9H10NO. The van der Waals surface area contributed by atoms with Crippen LogP contribution in [-0.2, 0) is 0 Å². The number of methoxy groups -OCH3 is 1. The van der Waals surface area contributed by atoms with Gasteiger partial charge in [-0.05, 0) is 12.1 Å². The summed E-state index contributed by atoms with van der Waals surface area (Å²) in [6.07, 6.45) is 2.13. The Balaban J connectivity index is 2.50. The molecule has 0 saturated carbocycles. The van der Waals surface area contributed by atoms with E-state index in [2.05, 4.69) is 17.8 Å². The van der Waals surface area contributed by atoms with Crippen molar-refractivity contribution in [3.8, 4) is 5.75 Å². The first kappa shape index (κ1) is 6.53. The van der Waals surface area contributed by atoms with Crippen LogP contribution in [0.2, 0.25) is 0 Å². The fourth-order valence-corrected chi connectivity index (χ4v) is 1.35. The maximum atomic E-state index is 5.19. The quantitative estimate of drug-likeness (QED) is 0.654. The molecule has 0 aliphatic carbocycles. The van der Waals surface area contributed by atoms with Gasteiger partial charge in [-0.25, -0.2) is 0 Å². The first-order valence-corrected chi connectivity index (χ1v) is 3.66. The van der Waals surface area contributed by atoms with Crippen molar-refractivity contribution in [2.45, 2.75) is 0 Å². The van der Waals surface area contributed by atoms with Gasteiger partial charge < -0.3 is 10.1 Å². The molecule has 57 valence electrons. The van der Waals surface area contributed by atoms with E-state index in [0.29, 0.717) is 0 Å². The lowest BCUT2D eigenvalue weighted by Gasteiger charge is -2.04. The molecule has 1 radical (unpaired) electrons. The van der Waals surface area contributed by atoms with Gasteiger partial charge >= 0.3 is 0 Å².